The summed E-state index contributed by atoms with van der Waals surface area (Å²) in [5, 5.41) is 3.55. The van der Waals surface area contributed by atoms with E-state index in [0.717, 1.165) is 5.69 Å². The highest BCUT2D eigenvalue weighted by molar-refractivity contribution is 6.33. The van der Waals surface area contributed by atoms with Crippen LogP contribution in [0.2, 0.25) is 5.02 Å². The van der Waals surface area contributed by atoms with Crippen molar-refractivity contribution in [3.8, 4) is 0 Å². The van der Waals surface area contributed by atoms with Gasteiger partial charge in [-0.3, -0.25) is 0 Å². The highest BCUT2D eigenvalue weighted by atomic mass is 35.5. The number of anilines is 3. The van der Waals surface area contributed by atoms with E-state index < -0.39 is 0 Å². The fraction of sp³-hybridized carbons (Fsp3) is 0. The number of nitrogens with one attached hydrogen (secondary N) is 1. The van der Waals surface area contributed by atoms with Crippen LogP contribution in [0.25, 0.3) is 0 Å². The van der Waals surface area contributed by atoms with E-state index in [0.29, 0.717) is 16.7 Å². The fourth-order valence-corrected chi connectivity index (χ4v) is 1.23. The largest absolute Gasteiger partial charge is 0.397 e. The van der Waals surface area contributed by atoms with Crippen molar-refractivity contribution in [2.75, 3.05) is 11.1 Å². The van der Waals surface area contributed by atoms with E-state index in [1.165, 1.54) is 0 Å². The Morgan fingerprint density at radius 1 is 1.20 bits per heavy atom. The molecule has 0 saturated heterocycles. The van der Waals surface area contributed by atoms with Gasteiger partial charge in [0.2, 0.25) is 5.95 Å². The third kappa shape index (κ3) is 2.35. The number of rotatable bonds is 2. The molecule has 5 heteroatoms. The lowest BCUT2D eigenvalue weighted by Gasteiger charge is -2.05. The number of benzene rings is 1. The third-order valence-corrected chi connectivity index (χ3v) is 2.16. The second-order valence-electron chi connectivity index (χ2n) is 2.93. The summed E-state index contributed by atoms with van der Waals surface area (Å²) >= 11 is 5.80. The van der Waals surface area contributed by atoms with Crippen LogP contribution in [0.4, 0.5) is 17.3 Å². The molecule has 0 bridgehead atoms. The van der Waals surface area contributed by atoms with Gasteiger partial charge in [0, 0.05) is 18.1 Å². The Kier molecular flexibility index (Phi) is 2.69. The van der Waals surface area contributed by atoms with Gasteiger partial charge < -0.3 is 11.1 Å². The maximum absolute atomic E-state index is 5.80. The van der Waals surface area contributed by atoms with Crippen molar-refractivity contribution < 1.29 is 0 Å². The molecular formula is C10H9ClN4. The molecule has 0 aliphatic carbocycles. The average Bonchev–Trinajstić information content (AvgIpc) is 2.25. The number of hydrogen-bond donors (Lipinski definition) is 2. The van der Waals surface area contributed by atoms with Gasteiger partial charge in [-0.05, 0) is 24.3 Å². The van der Waals surface area contributed by atoms with Crippen molar-refractivity contribution in [2.45, 2.75) is 0 Å². The fourth-order valence-electron chi connectivity index (χ4n) is 1.11. The van der Waals surface area contributed by atoms with Crippen LogP contribution in [0.5, 0.6) is 0 Å². The number of halogens is 1. The van der Waals surface area contributed by atoms with Gasteiger partial charge in [-0.25, -0.2) is 9.97 Å². The van der Waals surface area contributed by atoms with Crippen molar-refractivity contribution >= 4 is 28.9 Å². The van der Waals surface area contributed by atoms with Crippen LogP contribution >= 0.6 is 11.6 Å². The SMILES string of the molecule is Nc1cc(Nc2ncccn2)ccc1Cl. The van der Waals surface area contributed by atoms with Crippen LogP contribution in [-0.4, -0.2) is 9.97 Å². The van der Waals surface area contributed by atoms with Crippen LogP contribution in [0.15, 0.2) is 36.7 Å². The number of hydrogen-bond acceptors (Lipinski definition) is 4. The van der Waals surface area contributed by atoms with Gasteiger partial charge in [-0.2, -0.15) is 0 Å². The van der Waals surface area contributed by atoms with E-state index in [4.69, 9.17) is 17.3 Å². The van der Waals surface area contributed by atoms with Crippen molar-refractivity contribution in [1.29, 1.82) is 0 Å². The smallest absolute Gasteiger partial charge is 0.227 e. The van der Waals surface area contributed by atoms with Crippen molar-refractivity contribution in [1.82, 2.24) is 9.97 Å². The molecule has 0 radical (unpaired) electrons. The van der Waals surface area contributed by atoms with Crippen LogP contribution in [-0.2, 0) is 0 Å². The highest BCUT2D eigenvalue weighted by Gasteiger charge is 1.99. The zero-order chi connectivity index (χ0) is 10.7. The Morgan fingerprint density at radius 3 is 2.60 bits per heavy atom. The summed E-state index contributed by atoms with van der Waals surface area (Å²) in [6.07, 6.45) is 3.32. The summed E-state index contributed by atoms with van der Waals surface area (Å²) in [5.41, 5.74) is 7.00. The lowest BCUT2D eigenvalue weighted by atomic mass is 10.3. The maximum Gasteiger partial charge on any atom is 0.227 e. The Labute approximate surface area is 92.1 Å². The predicted molar refractivity (Wildman–Crippen MR) is 61.2 cm³/mol. The van der Waals surface area contributed by atoms with E-state index in [9.17, 15) is 0 Å². The Hall–Kier alpha value is -1.81. The van der Waals surface area contributed by atoms with Gasteiger partial charge in [0.15, 0.2) is 0 Å². The molecule has 76 valence electrons. The third-order valence-electron chi connectivity index (χ3n) is 1.82. The monoisotopic (exact) mass is 220 g/mol. The minimum Gasteiger partial charge on any atom is -0.397 e. The first kappa shape index (κ1) is 9.73. The first-order valence-electron chi connectivity index (χ1n) is 4.35. The molecule has 3 N–H and O–H groups in total. The van der Waals surface area contributed by atoms with Crippen molar-refractivity contribution in [3.63, 3.8) is 0 Å². The molecule has 1 aromatic heterocycles. The van der Waals surface area contributed by atoms with Gasteiger partial charge in [0.25, 0.3) is 0 Å². The molecular weight excluding hydrogens is 212 g/mol. The molecule has 0 fully saturated rings. The summed E-state index contributed by atoms with van der Waals surface area (Å²) in [4.78, 5) is 8.06. The van der Waals surface area contributed by atoms with E-state index in [-0.39, 0.29) is 0 Å². The predicted octanol–water partition coefficient (Wildman–Crippen LogP) is 2.46. The summed E-state index contributed by atoms with van der Waals surface area (Å²) in [6.45, 7) is 0. The van der Waals surface area contributed by atoms with Gasteiger partial charge in [-0.15, -0.1) is 0 Å². The molecule has 15 heavy (non-hydrogen) atoms. The Bertz CT molecular complexity index is 458. The van der Waals surface area contributed by atoms with Crippen LogP contribution in [0, 0.1) is 0 Å². The lowest BCUT2D eigenvalue weighted by molar-refractivity contribution is 1.17. The average molecular weight is 221 g/mol. The summed E-state index contributed by atoms with van der Waals surface area (Å²) in [6, 6.07) is 7.03. The van der Waals surface area contributed by atoms with E-state index in [1.54, 1.807) is 30.6 Å². The molecule has 0 amide bonds. The molecule has 0 spiro atoms. The van der Waals surface area contributed by atoms with Gasteiger partial charge in [0.05, 0.1) is 10.7 Å². The zero-order valence-corrected chi connectivity index (χ0v) is 8.57. The van der Waals surface area contributed by atoms with E-state index in [1.807, 2.05) is 6.07 Å². The highest BCUT2D eigenvalue weighted by Crippen LogP contribution is 2.23. The number of aromatic nitrogens is 2. The van der Waals surface area contributed by atoms with Crippen LogP contribution < -0.4 is 11.1 Å². The number of nitrogen functional groups attached to an aromatic ring is 1. The molecule has 0 aliphatic rings. The molecule has 0 aliphatic heterocycles. The van der Waals surface area contributed by atoms with Crippen molar-refractivity contribution in [3.05, 3.63) is 41.7 Å². The molecule has 0 unspecified atom stereocenters. The molecule has 4 nitrogen and oxygen atoms in total. The molecule has 2 aromatic rings. The summed E-state index contributed by atoms with van der Waals surface area (Å²) < 4.78 is 0. The quantitative estimate of drug-likeness (QED) is 0.764. The minimum atomic E-state index is 0.526. The van der Waals surface area contributed by atoms with Gasteiger partial charge >= 0.3 is 0 Å². The van der Waals surface area contributed by atoms with Crippen LogP contribution in [0.1, 0.15) is 0 Å². The minimum absolute atomic E-state index is 0.526. The first-order chi connectivity index (χ1) is 7.25. The zero-order valence-electron chi connectivity index (χ0n) is 7.81. The Morgan fingerprint density at radius 2 is 1.93 bits per heavy atom. The normalized spacial score (nSPS) is 9.93. The molecule has 1 heterocycles. The topological polar surface area (TPSA) is 63.8 Å². The summed E-state index contributed by atoms with van der Waals surface area (Å²) in [7, 11) is 0. The number of nitrogens with two attached hydrogens (primary N) is 1. The van der Waals surface area contributed by atoms with Crippen molar-refractivity contribution in [2.24, 2.45) is 0 Å². The molecule has 0 saturated carbocycles. The van der Waals surface area contributed by atoms with E-state index >= 15 is 0 Å². The second kappa shape index (κ2) is 4.14. The molecule has 0 atom stereocenters. The van der Waals surface area contributed by atoms with E-state index in [2.05, 4.69) is 15.3 Å². The second-order valence-corrected chi connectivity index (χ2v) is 3.34. The summed E-state index contributed by atoms with van der Waals surface area (Å²) in [5.74, 6) is 0.527. The molecule has 1 aromatic carbocycles. The Balaban J connectivity index is 2.22. The number of nitrogens with zero attached hydrogens (tertiary/aromatic N) is 2. The maximum atomic E-state index is 5.80. The first-order valence-corrected chi connectivity index (χ1v) is 4.72. The molecule has 2 rings (SSSR count). The van der Waals surface area contributed by atoms with Crippen LogP contribution in [0.3, 0.4) is 0 Å². The van der Waals surface area contributed by atoms with Gasteiger partial charge in [-0.1, -0.05) is 11.6 Å². The standard InChI is InChI=1S/C10H9ClN4/c11-8-3-2-7(6-9(8)12)15-10-13-4-1-5-14-10/h1-6H,12H2,(H,13,14,15). The lowest BCUT2D eigenvalue weighted by Crippen LogP contribution is -1.96. The van der Waals surface area contributed by atoms with Gasteiger partial charge in [0.1, 0.15) is 0 Å².